The number of hydrogen-bond acceptors (Lipinski definition) is 3. The summed E-state index contributed by atoms with van der Waals surface area (Å²) in [5, 5.41) is 6.97. The lowest BCUT2D eigenvalue weighted by Crippen LogP contribution is -2.30. The quantitative estimate of drug-likeness (QED) is 0.373. The molecule has 2 amide bonds. The Morgan fingerprint density at radius 3 is 2.39 bits per heavy atom. The van der Waals surface area contributed by atoms with Crippen LogP contribution in [0, 0.1) is 0 Å². The first-order valence-electron chi connectivity index (χ1n) is 10.9. The minimum absolute atomic E-state index is 0.0156. The molecule has 0 aliphatic heterocycles. The molecule has 0 radical (unpaired) electrons. The maximum Gasteiger partial charge on any atom is 0.224 e. The van der Waals surface area contributed by atoms with Gasteiger partial charge in [-0.05, 0) is 47.0 Å². The molecule has 0 aliphatic carbocycles. The lowest BCUT2D eigenvalue weighted by molar-refractivity contribution is -0.120. The summed E-state index contributed by atoms with van der Waals surface area (Å²) < 4.78 is 5.30. The van der Waals surface area contributed by atoms with Crippen LogP contribution in [-0.2, 0) is 16.0 Å². The van der Waals surface area contributed by atoms with Gasteiger partial charge in [0.15, 0.2) is 0 Å². The molecule has 3 aromatic carbocycles. The molecular formula is C27H27N3O3. The smallest absolute Gasteiger partial charge is 0.224 e. The van der Waals surface area contributed by atoms with E-state index in [0.717, 1.165) is 33.3 Å². The number of para-hydroxylation sites is 1. The summed E-state index contributed by atoms with van der Waals surface area (Å²) in [6.45, 7) is 1.94. The van der Waals surface area contributed by atoms with Crippen molar-refractivity contribution < 1.29 is 14.3 Å². The molecule has 6 heteroatoms. The number of ether oxygens (including phenoxy) is 1. The average molecular weight is 442 g/mol. The SMILES string of the molecule is COc1ccc(C(CNC(=O)Cc2ccc(NC(C)=O)cc2)c2c[nH]c3ccccc23)cc1. The molecule has 168 valence electrons. The van der Waals surface area contributed by atoms with Crippen molar-refractivity contribution in [2.24, 2.45) is 0 Å². The van der Waals surface area contributed by atoms with E-state index in [-0.39, 0.29) is 24.2 Å². The normalized spacial score (nSPS) is 11.7. The number of amides is 2. The van der Waals surface area contributed by atoms with Gasteiger partial charge in [-0.2, -0.15) is 0 Å². The molecule has 1 aromatic heterocycles. The molecule has 4 rings (SSSR count). The summed E-state index contributed by atoms with van der Waals surface area (Å²) in [7, 11) is 1.65. The number of hydrogen-bond donors (Lipinski definition) is 3. The number of carbonyl (C=O) groups excluding carboxylic acids is 2. The van der Waals surface area contributed by atoms with Crippen LogP contribution in [0.5, 0.6) is 5.75 Å². The maximum absolute atomic E-state index is 12.7. The van der Waals surface area contributed by atoms with E-state index in [1.54, 1.807) is 19.2 Å². The van der Waals surface area contributed by atoms with Crippen molar-refractivity contribution in [2.75, 3.05) is 19.0 Å². The second-order valence-corrected chi connectivity index (χ2v) is 7.97. The number of carbonyl (C=O) groups is 2. The van der Waals surface area contributed by atoms with Gasteiger partial charge in [0.2, 0.25) is 11.8 Å². The van der Waals surface area contributed by atoms with Gasteiger partial charge in [0, 0.05) is 42.2 Å². The van der Waals surface area contributed by atoms with Gasteiger partial charge in [-0.3, -0.25) is 9.59 Å². The molecule has 0 bridgehead atoms. The molecule has 3 N–H and O–H groups in total. The Hall–Kier alpha value is -4.06. The summed E-state index contributed by atoms with van der Waals surface area (Å²) in [6, 6.07) is 23.4. The van der Waals surface area contributed by atoms with E-state index >= 15 is 0 Å². The van der Waals surface area contributed by atoms with E-state index in [1.165, 1.54) is 6.92 Å². The third-order valence-electron chi connectivity index (χ3n) is 5.66. The van der Waals surface area contributed by atoms with E-state index < -0.39 is 0 Å². The van der Waals surface area contributed by atoms with Crippen LogP contribution in [0.15, 0.2) is 79.0 Å². The highest BCUT2D eigenvalue weighted by molar-refractivity contribution is 5.88. The number of methoxy groups -OCH3 is 1. The lowest BCUT2D eigenvalue weighted by Gasteiger charge is -2.19. The van der Waals surface area contributed by atoms with Crippen LogP contribution in [0.3, 0.4) is 0 Å². The zero-order valence-corrected chi connectivity index (χ0v) is 18.7. The van der Waals surface area contributed by atoms with Gasteiger partial charge in [0.25, 0.3) is 0 Å². The van der Waals surface area contributed by atoms with Crippen LogP contribution < -0.4 is 15.4 Å². The third-order valence-corrected chi connectivity index (χ3v) is 5.66. The van der Waals surface area contributed by atoms with Crippen molar-refractivity contribution in [2.45, 2.75) is 19.3 Å². The first-order chi connectivity index (χ1) is 16.0. The molecule has 1 heterocycles. The number of nitrogens with one attached hydrogen (secondary N) is 3. The highest BCUT2D eigenvalue weighted by Gasteiger charge is 2.19. The Balaban J connectivity index is 1.50. The van der Waals surface area contributed by atoms with Crippen LogP contribution in [-0.4, -0.2) is 30.5 Å². The molecule has 0 saturated carbocycles. The monoisotopic (exact) mass is 441 g/mol. The number of rotatable bonds is 8. The molecule has 0 spiro atoms. The van der Waals surface area contributed by atoms with Gasteiger partial charge in [0.1, 0.15) is 5.75 Å². The fourth-order valence-electron chi connectivity index (χ4n) is 4.00. The van der Waals surface area contributed by atoms with Crippen molar-refractivity contribution in [1.29, 1.82) is 0 Å². The van der Waals surface area contributed by atoms with Crippen molar-refractivity contribution in [3.05, 3.63) is 95.7 Å². The van der Waals surface area contributed by atoms with Gasteiger partial charge in [-0.15, -0.1) is 0 Å². The van der Waals surface area contributed by atoms with Crippen LogP contribution in [0.4, 0.5) is 5.69 Å². The van der Waals surface area contributed by atoms with Crippen molar-refractivity contribution in [3.8, 4) is 5.75 Å². The number of aromatic amines is 1. The number of H-pyrrole nitrogens is 1. The molecule has 0 saturated heterocycles. The largest absolute Gasteiger partial charge is 0.497 e. The Kier molecular flexibility index (Phi) is 6.74. The number of fused-ring (bicyclic) bond motifs is 1. The fourth-order valence-corrected chi connectivity index (χ4v) is 4.00. The highest BCUT2D eigenvalue weighted by Crippen LogP contribution is 2.31. The Bertz CT molecular complexity index is 1240. The summed E-state index contributed by atoms with van der Waals surface area (Å²) >= 11 is 0. The second-order valence-electron chi connectivity index (χ2n) is 7.97. The van der Waals surface area contributed by atoms with E-state index in [1.807, 2.05) is 60.8 Å². The van der Waals surface area contributed by atoms with Gasteiger partial charge in [0.05, 0.1) is 13.5 Å². The maximum atomic E-state index is 12.7. The summed E-state index contributed by atoms with van der Waals surface area (Å²) in [6.07, 6.45) is 2.29. The first kappa shape index (κ1) is 22.1. The molecule has 4 aromatic rings. The second kappa shape index (κ2) is 10.0. The highest BCUT2D eigenvalue weighted by atomic mass is 16.5. The van der Waals surface area contributed by atoms with Crippen molar-refractivity contribution in [1.82, 2.24) is 10.3 Å². The van der Waals surface area contributed by atoms with Gasteiger partial charge < -0.3 is 20.4 Å². The van der Waals surface area contributed by atoms with Crippen molar-refractivity contribution >= 4 is 28.4 Å². The van der Waals surface area contributed by atoms with Gasteiger partial charge in [-0.1, -0.05) is 42.5 Å². The molecule has 0 aliphatic rings. The minimum atomic E-state index is -0.123. The lowest BCUT2D eigenvalue weighted by atomic mass is 9.90. The van der Waals surface area contributed by atoms with E-state index in [2.05, 4.69) is 21.7 Å². The summed E-state index contributed by atoms with van der Waals surface area (Å²) in [5.41, 5.74) is 4.90. The first-order valence-corrected chi connectivity index (χ1v) is 10.9. The molecular weight excluding hydrogens is 414 g/mol. The number of anilines is 1. The van der Waals surface area contributed by atoms with Crippen molar-refractivity contribution in [3.63, 3.8) is 0 Å². The molecule has 0 fully saturated rings. The molecule has 33 heavy (non-hydrogen) atoms. The zero-order valence-electron chi connectivity index (χ0n) is 18.7. The van der Waals surface area contributed by atoms with Gasteiger partial charge >= 0.3 is 0 Å². The fraction of sp³-hybridized carbons (Fsp3) is 0.185. The van der Waals surface area contributed by atoms with E-state index in [4.69, 9.17) is 4.74 Å². The third kappa shape index (κ3) is 5.41. The minimum Gasteiger partial charge on any atom is -0.497 e. The predicted molar refractivity (Wildman–Crippen MR) is 131 cm³/mol. The zero-order chi connectivity index (χ0) is 23.2. The molecule has 6 nitrogen and oxygen atoms in total. The topological polar surface area (TPSA) is 83.2 Å². The van der Waals surface area contributed by atoms with Gasteiger partial charge in [-0.25, -0.2) is 0 Å². The van der Waals surface area contributed by atoms with Crippen LogP contribution in [0.1, 0.15) is 29.5 Å². The number of aromatic nitrogens is 1. The average Bonchev–Trinajstić information content (AvgIpc) is 3.25. The summed E-state index contributed by atoms with van der Waals surface area (Å²) in [4.78, 5) is 27.2. The Labute approximate surface area is 193 Å². The Morgan fingerprint density at radius 2 is 1.70 bits per heavy atom. The van der Waals surface area contributed by atoms with Crippen LogP contribution in [0.2, 0.25) is 0 Å². The molecule has 1 unspecified atom stereocenters. The standard InChI is InChI=1S/C27H27N3O3/c1-18(31)30-21-11-7-19(8-12-21)15-27(32)29-16-24(20-9-13-22(33-2)14-10-20)25-17-28-26-6-4-3-5-23(25)26/h3-14,17,24,28H,15-16H2,1-2H3,(H,29,32)(H,30,31). The Morgan fingerprint density at radius 1 is 0.970 bits per heavy atom. The van der Waals surface area contributed by atoms with Crippen LogP contribution >= 0.6 is 0 Å². The predicted octanol–water partition coefficient (Wildman–Crippen LogP) is 4.63. The van der Waals surface area contributed by atoms with Crippen LogP contribution in [0.25, 0.3) is 10.9 Å². The summed E-state index contributed by atoms with van der Waals surface area (Å²) in [5.74, 6) is 0.601. The molecule has 1 atom stereocenters. The number of benzene rings is 3. The van der Waals surface area contributed by atoms with E-state index in [0.29, 0.717) is 12.2 Å². The van der Waals surface area contributed by atoms with E-state index in [9.17, 15) is 9.59 Å².